The van der Waals surface area contributed by atoms with Gasteiger partial charge in [-0.2, -0.15) is 0 Å². The molecule has 2 aromatic rings. The maximum absolute atomic E-state index is 12.9. The van der Waals surface area contributed by atoms with Crippen molar-refractivity contribution in [3.63, 3.8) is 0 Å². The van der Waals surface area contributed by atoms with Crippen molar-refractivity contribution in [1.29, 1.82) is 0 Å². The summed E-state index contributed by atoms with van der Waals surface area (Å²) in [6, 6.07) is 9.60. The third-order valence-corrected chi connectivity index (χ3v) is 3.25. The van der Waals surface area contributed by atoms with Gasteiger partial charge >= 0.3 is 5.97 Å². The highest BCUT2D eigenvalue weighted by molar-refractivity contribution is 5.96. The number of hydrogen-bond acceptors (Lipinski definition) is 3. The van der Waals surface area contributed by atoms with Crippen molar-refractivity contribution in [3.05, 3.63) is 71.3 Å². The summed E-state index contributed by atoms with van der Waals surface area (Å²) in [6.45, 7) is 0. The number of nitrogens with one attached hydrogen (secondary N) is 1. The molecule has 0 aliphatic heterocycles. The fraction of sp³-hybridized carbons (Fsp3) is 0.176. The Morgan fingerprint density at radius 3 is 2.04 bits per heavy atom. The van der Waals surface area contributed by atoms with Gasteiger partial charge in [-0.3, -0.25) is 4.79 Å². The zero-order valence-electron chi connectivity index (χ0n) is 12.4. The number of ether oxygens (including phenoxy) is 1. The van der Waals surface area contributed by atoms with Gasteiger partial charge in [-0.1, -0.05) is 12.1 Å². The zero-order chi connectivity index (χ0) is 16.8. The Labute approximate surface area is 132 Å². The van der Waals surface area contributed by atoms with Crippen molar-refractivity contribution in [2.24, 2.45) is 0 Å². The molecular formula is C17H15F2NO3. The average molecular weight is 319 g/mol. The fourth-order valence-electron chi connectivity index (χ4n) is 2.03. The Bertz CT molecular complexity index is 684. The van der Waals surface area contributed by atoms with Crippen LogP contribution in [-0.2, 0) is 16.0 Å². The third kappa shape index (κ3) is 4.60. The van der Waals surface area contributed by atoms with E-state index >= 15 is 0 Å². The first-order chi connectivity index (χ1) is 11.0. The van der Waals surface area contributed by atoms with E-state index in [4.69, 9.17) is 0 Å². The van der Waals surface area contributed by atoms with Crippen molar-refractivity contribution in [1.82, 2.24) is 5.32 Å². The Hall–Kier alpha value is -2.76. The molecule has 0 fully saturated rings. The summed E-state index contributed by atoms with van der Waals surface area (Å²) in [4.78, 5) is 24.0. The van der Waals surface area contributed by atoms with Crippen LogP contribution in [0.5, 0.6) is 0 Å². The van der Waals surface area contributed by atoms with Gasteiger partial charge in [-0.05, 0) is 42.0 Å². The molecule has 0 bridgehead atoms. The molecule has 4 nitrogen and oxygen atoms in total. The molecule has 1 amide bonds. The zero-order valence-corrected chi connectivity index (χ0v) is 12.4. The Morgan fingerprint density at radius 2 is 1.52 bits per heavy atom. The van der Waals surface area contributed by atoms with Crippen LogP contribution < -0.4 is 5.32 Å². The van der Waals surface area contributed by atoms with Crippen LogP contribution in [0.3, 0.4) is 0 Å². The van der Waals surface area contributed by atoms with E-state index < -0.39 is 29.6 Å². The van der Waals surface area contributed by atoms with Gasteiger partial charge in [0, 0.05) is 12.0 Å². The summed E-state index contributed by atoms with van der Waals surface area (Å²) in [6.07, 6.45) is 0.153. The SMILES string of the molecule is COC(=O)[C@@H](Cc1ccc(F)cc1)NC(=O)c1ccc(F)cc1. The third-order valence-electron chi connectivity index (χ3n) is 3.25. The quantitative estimate of drug-likeness (QED) is 0.862. The predicted octanol–water partition coefficient (Wildman–Crippen LogP) is 2.48. The van der Waals surface area contributed by atoms with Crippen molar-refractivity contribution < 1.29 is 23.1 Å². The normalized spacial score (nSPS) is 11.6. The van der Waals surface area contributed by atoms with E-state index in [2.05, 4.69) is 10.1 Å². The lowest BCUT2D eigenvalue weighted by atomic mass is 10.1. The number of benzene rings is 2. The van der Waals surface area contributed by atoms with E-state index in [0.717, 1.165) is 12.1 Å². The van der Waals surface area contributed by atoms with Crippen LogP contribution in [0.4, 0.5) is 8.78 Å². The molecule has 0 saturated carbocycles. The van der Waals surface area contributed by atoms with E-state index in [1.807, 2.05) is 0 Å². The molecule has 0 saturated heterocycles. The van der Waals surface area contributed by atoms with Crippen LogP contribution in [0.15, 0.2) is 48.5 Å². The molecule has 0 unspecified atom stereocenters. The van der Waals surface area contributed by atoms with Gasteiger partial charge in [0.15, 0.2) is 0 Å². The first-order valence-corrected chi connectivity index (χ1v) is 6.88. The standard InChI is InChI=1S/C17H15F2NO3/c1-23-17(22)15(10-11-2-6-13(18)7-3-11)20-16(21)12-4-8-14(19)9-5-12/h2-9,15H,10H2,1H3,(H,20,21)/t15-/m1/s1. The summed E-state index contributed by atoms with van der Waals surface area (Å²) in [7, 11) is 1.21. The lowest BCUT2D eigenvalue weighted by molar-refractivity contribution is -0.142. The maximum atomic E-state index is 12.9. The second-order valence-electron chi connectivity index (χ2n) is 4.89. The van der Waals surface area contributed by atoms with Crippen LogP contribution in [0, 0.1) is 11.6 Å². The predicted molar refractivity (Wildman–Crippen MR) is 79.8 cm³/mol. The van der Waals surface area contributed by atoms with Gasteiger partial charge in [0.05, 0.1) is 7.11 Å². The number of amides is 1. The van der Waals surface area contributed by atoms with Gasteiger partial charge in [-0.15, -0.1) is 0 Å². The monoisotopic (exact) mass is 319 g/mol. The lowest BCUT2D eigenvalue weighted by Crippen LogP contribution is -2.43. The lowest BCUT2D eigenvalue weighted by Gasteiger charge is -2.16. The molecule has 2 rings (SSSR count). The highest BCUT2D eigenvalue weighted by Gasteiger charge is 2.22. The summed E-state index contributed by atoms with van der Waals surface area (Å²) in [5.74, 6) is -2.00. The van der Waals surface area contributed by atoms with Crippen LogP contribution in [0.2, 0.25) is 0 Å². The van der Waals surface area contributed by atoms with Crippen molar-refractivity contribution in [2.75, 3.05) is 7.11 Å². The number of halogens is 2. The molecule has 6 heteroatoms. The molecule has 2 aromatic carbocycles. The molecular weight excluding hydrogens is 304 g/mol. The Balaban J connectivity index is 2.12. The summed E-state index contributed by atoms with van der Waals surface area (Å²) in [5, 5.41) is 2.54. The Kier molecular flexibility index (Phi) is 5.41. The second-order valence-corrected chi connectivity index (χ2v) is 4.89. The largest absolute Gasteiger partial charge is 0.467 e. The molecule has 0 radical (unpaired) electrons. The van der Waals surface area contributed by atoms with Crippen molar-refractivity contribution >= 4 is 11.9 Å². The molecule has 0 aromatic heterocycles. The number of carbonyl (C=O) groups is 2. The number of rotatable bonds is 5. The van der Waals surface area contributed by atoms with E-state index in [-0.39, 0.29) is 12.0 Å². The van der Waals surface area contributed by atoms with Crippen LogP contribution in [0.25, 0.3) is 0 Å². The Morgan fingerprint density at radius 1 is 1.00 bits per heavy atom. The number of hydrogen-bond donors (Lipinski definition) is 1. The van der Waals surface area contributed by atoms with E-state index in [1.165, 1.54) is 43.5 Å². The number of methoxy groups -OCH3 is 1. The molecule has 0 spiro atoms. The first-order valence-electron chi connectivity index (χ1n) is 6.88. The molecule has 0 heterocycles. The highest BCUT2D eigenvalue weighted by atomic mass is 19.1. The summed E-state index contributed by atoms with van der Waals surface area (Å²) >= 11 is 0. The molecule has 120 valence electrons. The van der Waals surface area contributed by atoms with Crippen molar-refractivity contribution in [3.8, 4) is 0 Å². The van der Waals surface area contributed by atoms with E-state index in [9.17, 15) is 18.4 Å². The first kappa shape index (κ1) is 16.6. The summed E-state index contributed by atoms with van der Waals surface area (Å²) in [5.41, 5.74) is 0.889. The van der Waals surface area contributed by atoms with Crippen LogP contribution in [0.1, 0.15) is 15.9 Å². The summed E-state index contributed by atoms with van der Waals surface area (Å²) < 4.78 is 30.5. The van der Waals surface area contributed by atoms with Gasteiger partial charge in [0.25, 0.3) is 5.91 Å². The minimum Gasteiger partial charge on any atom is -0.467 e. The van der Waals surface area contributed by atoms with Crippen LogP contribution in [-0.4, -0.2) is 25.0 Å². The smallest absolute Gasteiger partial charge is 0.328 e. The van der Waals surface area contributed by atoms with Gasteiger partial charge in [-0.25, -0.2) is 13.6 Å². The van der Waals surface area contributed by atoms with Crippen molar-refractivity contribution in [2.45, 2.75) is 12.5 Å². The average Bonchev–Trinajstić information content (AvgIpc) is 2.56. The molecule has 1 N–H and O–H groups in total. The fourth-order valence-corrected chi connectivity index (χ4v) is 2.03. The number of carbonyl (C=O) groups excluding carboxylic acids is 2. The topological polar surface area (TPSA) is 55.4 Å². The minimum absolute atomic E-state index is 0.153. The second kappa shape index (κ2) is 7.49. The molecule has 1 atom stereocenters. The minimum atomic E-state index is -0.928. The van der Waals surface area contributed by atoms with E-state index in [0.29, 0.717) is 5.56 Å². The van der Waals surface area contributed by atoms with Gasteiger partial charge in [0.1, 0.15) is 17.7 Å². The van der Waals surface area contributed by atoms with E-state index in [1.54, 1.807) is 0 Å². The highest BCUT2D eigenvalue weighted by Crippen LogP contribution is 2.09. The van der Waals surface area contributed by atoms with Gasteiger partial charge in [0.2, 0.25) is 0 Å². The maximum Gasteiger partial charge on any atom is 0.328 e. The molecule has 0 aliphatic rings. The molecule has 23 heavy (non-hydrogen) atoms. The van der Waals surface area contributed by atoms with Gasteiger partial charge < -0.3 is 10.1 Å². The number of esters is 1. The van der Waals surface area contributed by atoms with Crippen LogP contribution >= 0.6 is 0 Å². The molecule has 0 aliphatic carbocycles.